The van der Waals surface area contributed by atoms with Crippen molar-refractivity contribution >= 4 is 46.7 Å². The topological polar surface area (TPSA) is 236 Å². The van der Waals surface area contributed by atoms with Crippen molar-refractivity contribution in [1.82, 2.24) is 29.1 Å². The average Bonchev–Trinajstić information content (AvgIpc) is 3.04. The highest BCUT2D eigenvalue weighted by molar-refractivity contribution is 6.61. The molecule has 0 saturated heterocycles. The number of nitrogens with one attached hydrogen (secondary N) is 2. The molecule has 0 saturated carbocycles. The Balaban J connectivity index is 0.000000706. The van der Waals surface area contributed by atoms with E-state index in [1.54, 1.807) is 0 Å². The summed E-state index contributed by atoms with van der Waals surface area (Å²) in [5, 5.41) is 2.07. The van der Waals surface area contributed by atoms with E-state index < -0.39 is 58.0 Å². The first-order valence-electron chi connectivity index (χ1n) is 15.2. The molecule has 2 amide bonds. The number of aromatic amines is 1. The number of ether oxygens (including phenoxy) is 3. The normalized spacial score (nSPS) is 10.2. The number of H-pyrrole nitrogens is 1. The van der Waals surface area contributed by atoms with Gasteiger partial charge in [-0.25, -0.2) is 41.9 Å². The van der Waals surface area contributed by atoms with Crippen molar-refractivity contribution in [2.24, 2.45) is 31.8 Å². The molecule has 3 rings (SSSR count). The Kier molecular flexibility index (Phi) is 20.7. The number of halogens is 4. The lowest BCUT2D eigenvalue weighted by Gasteiger charge is -2.17. The molecule has 0 atom stereocenters. The van der Waals surface area contributed by atoms with Crippen LogP contribution in [0.3, 0.4) is 0 Å². The lowest BCUT2D eigenvalue weighted by Crippen LogP contribution is -2.33. The number of nitrogens with zero attached hydrogens (tertiary/aromatic N) is 6. The fourth-order valence-corrected chi connectivity index (χ4v) is 2.83. The Morgan fingerprint density at radius 1 is 0.846 bits per heavy atom. The fourth-order valence-electron chi connectivity index (χ4n) is 2.76. The predicted molar refractivity (Wildman–Crippen MR) is 185 cm³/mol. The zero-order valence-corrected chi connectivity index (χ0v) is 30.8. The van der Waals surface area contributed by atoms with Crippen molar-refractivity contribution in [3.63, 3.8) is 0 Å². The summed E-state index contributed by atoms with van der Waals surface area (Å²) in [6.45, 7) is 12.2. The molecule has 0 aliphatic carbocycles. The summed E-state index contributed by atoms with van der Waals surface area (Å²) in [7, 11) is 4.03. The van der Waals surface area contributed by atoms with Gasteiger partial charge >= 0.3 is 34.7 Å². The molecule has 0 aliphatic heterocycles. The summed E-state index contributed by atoms with van der Waals surface area (Å²) in [6.07, 6.45) is 1.10. The monoisotopic (exact) mass is 765 g/mol. The van der Waals surface area contributed by atoms with Gasteiger partial charge in [0.2, 0.25) is 0 Å². The van der Waals surface area contributed by atoms with Crippen LogP contribution in [-0.4, -0.2) is 73.6 Å². The van der Waals surface area contributed by atoms with Gasteiger partial charge in [-0.3, -0.25) is 24.3 Å². The Hall–Kier alpha value is -5.47. The zero-order valence-electron chi connectivity index (χ0n) is 30.0. The minimum Gasteiger partial charge on any atom is -0.453 e. The van der Waals surface area contributed by atoms with Crippen LogP contribution in [-0.2, 0) is 28.3 Å². The second-order valence-corrected chi connectivity index (χ2v) is 12.0. The standard InChI is InChI=1S/C11H16FN3O3.C10H14FN3O3.C5H9ClO2.C4H4FN3O/c1-7(2)6-18-11(17)15(4)9-8(12)5-14(3)10(16)13-9;1-6(2)5-17-10(16)13-8-7(11)4-14(3)9(15)12-8;1-4(2)3-8-5(6)7;5-2-1-7-4(9)8-3(2)6/h5,7H,6H2,1-4H3;4,6H,5H2,1-3H3,(H,12,13,15,16);4H,3H2,1-2H3;1H,(H3,6,7,8,9). The van der Waals surface area contributed by atoms with Gasteiger partial charge in [0.1, 0.15) is 5.82 Å². The summed E-state index contributed by atoms with van der Waals surface area (Å²) in [5.74, 6) is -2.63. The van der Waals surface area contributed by atoms with E-state index in [1.807, 2.05) is 46.5 Å². The third-order valence-electron chi connectivity index (χ3n) is 5.29. The van der Waals surface area contributed by atoms with Crippen LogP contribution in [0.1, 0.15) is 41.5 Å². The number of anilines is 3. The Morgan fingerprint density at radius 2 is 1.33 bits per heavy atom. The van der Waals surface area contributed by atoms with E-state index in [-0.39, 0.29) is 36.7 Å². The second-order valence-electron chi connectivity index (χ2n) is 11.7. The number of carbonyl (C=O) groups excluding carboxylic acids is 3. The molecule has 0 fully saturated rings. The van der Waals surface area contributed by atoms with E-state index in [2.05, 4.69) is 25.0 Å². The molecule has 4 N–H and O–H groups in total. The molecule has 0 unspecified atom stereocenters. The molecule has 3 aromatic rings. The average molecular weight is 766 g/mol. The lowest BCUT2D eigenvalue weighted by molar-refractivity contribution is 0.141. The number of nitrogen functional groups attached to an aromatic ring is 1. The SMILES string of the molecule is CC(C)COC(=O)Cl.CC(C)COC(=O)N(C)c1nc(=O)n(C)cc1F.CC(C)COC(=O)Nc1nc(=O)n(C)cc1F.Nc1[nH]c(=O)ncc1F. The predicted octanol–water partition coefficient (Wildman–Crippen LogP) is 3.78. The maximum Gasteiger partial charge on any atom is 0.415 e. The van der Waals surface area contributed by atoms with Gasteiger partial charge in [0, 0.05) is 45.1 Å². The first-order valence-corrected chi connectivity index (χ1v) is 15.6. The number of rotatable bonds is 8. The summed E-state index contributed by atoms with van der Waals surface area (Å²) < 4.78 is 55.1. The molecule has 52 heavy (non-hydrogen) atoms. The van der Waals surface area contributed by atoms with Crippen LogP contribution in [0.25, 0.3) is 0 Å². The van der Waals surface area contributed by atoms with Crippen LogP contribution in [0.2, 0.25) is 0 Å². The van der Waals surface area contributed by atoms with Gasteiger partial charge in [-0.2, -0.15) is 15.0 Å². The number of aromatic nitrogens is 6. The zero-order chi connectivity index (χ0) is 40.3. The third-order valence-corrected chi connectivity index (χ3v) is 5.40. The van der Waals surface area contributed by atoms with Gasteiger partial charge < -0.3 is 19.9 Å². The van der Waals surface area contributed by atoms with Crippen molar-refractivity contribution < 1.29 is 41.8 Å². The molecule has 0 spiro atoms. The van der Waals surface area contributed by atoms with E-state index in [9.17, 15) is 41.9 Å². The molecule has 18 nitrogen and oxygen atoms in total. The number of nitrogens with two attached hydrogens (primary N) is 1. The van der Waals surface area contributed by atoms with Crippen molar-refractivity contribution in [3.05, 3.63) is 67.5 Å². The lowest BCUT2D eigenvalue weighted by atomic mass is 10.2. The van der Waals surface area contributed by atoms with E-state index in [4.69, 9.17) is 26.8 Å². The summed E-state index contributed by atoms with van der Waals surface area (Å²) in [4.78, 5) is 78.1. The van der Waals surface area contributed by atoms with Crippen LogP contribution in [0.4, 0.5) is 45.0 Å². The smallest absolute Gasteiger partial charge is 0.415 e. The molecule has 290 valence electrons. The highest BCUT2D eigenvalue weighted by Gasteiger charge is 2.19. The van der Waals surface area contributed by atoms with E-state index in [0.29, 0.717) is 12.5 Å². The number of amides is 2. The maximum atomic E-state index is 13.6. The first-order chi connectivity index (χ1) is 24.0. The van der Waals surface area contributed by atoms with Crippen molar-refractivity contribution in [2.45, 2.75) is 41.5 Å². The molecule has 0 radical (unpaired) electrons. The van der Waals surface area contributed by atoms with Crippen LogP contribution in [0.5, 0.6) is 0 Å². The molecule has 3 aromatic heterocycles. The van der Waals surface area contributed by atoms with E-state index in [0.717, 1.165) is 32.6 Å². The Labute approximate surface area is 301 Å². The minimum absolute atomic E-state index is 0.169. The van der Waals surface area contributed by atoms with Gasteiger partial charge in [-0.15, -0.1) is 0 Å². The summed E-state index contributed by atoms with van der Waals surface area (Å²) in [6, 6.07) is 0. The van der Waals surface area contributed by atoms with Crippen molar-refractivity contribution in [1.29, 1.82) is 0 Å². The molecule has 0 aromatic carbocycles. The van der Waals surface area contributed by atoms with Gasteiger partial charge in [-0.05, 0) is 17.8 Å². The van der Waals surface area contributed by atoms with Crippen molar-refractivity contribution in [2.75, 3.05) is 42.8 Å². The summed E-state index contributed by atoms with van der Waals surface area (Å²) >= 11 is 4.86. The van der Waals surface area contributed by atoms with Crippen LogP contribution in [0, 0.1) is 35.2 Å². The number of hydrogen-bond acceptors (Lipinski definition) is 13. The largest absolute Gasteiger partial charge is 0.453 e. The van der Waals surface area contributed by atoms with Gasteiger partial charge in [-0.1, -0.05) is 41.5 Å². The first kappa shape index (κ1) is 46.5. The molecular weight excluding hydrogens is 723 g/mol. The van der Waals surface area contributed by atoms with E-state index >= 15 is 0 Å². The Bertz CT molecular complexity index is 1800. The molecule has 22 heteroatoms. The van der Waals surface area contributed by atoms with Crippen LogP contribution < -0.4 is 33.0 Å². The third kappa shape index (κ3) is 19.1. The molecular formula is C30H43ClF3N9O9. The highest BCUT2D eigenvalue weighted by atomic mass is 35.5. The number of hydrogen-bond donors (Lipinski definition) is 3. The summed E-state index contributed by atoms with van der Waals surface area (Å²) in [5.41, 5.74) is 2.28. The molecule has 0 bridgehead atoms. The Morgan fingerprint density at radius 3 is 1.79 bits per heavy atom. The second kappa shape index (κ2) is 23.1. The maximum absolute atomic E-state index is 13.6. The quantitative estimate of drug-likeness (QED) is 0.219. The molecule has 3 heterocycles. The van der Waals surface area contributed by atoms with Gasteiger partial charge in [0.15, 0.2) is 29.1 Å². The fraction of sp³-hybridized carbons (Fsp3) is 0.500. The highest BCUT2D eigenvalue weighted by Crippen LogP contribution is 2.13. The number of carbonyl (C=O) groups is 3. The van der Waals surface area contributed by atoms with Gasteiger partial charge in [0.05, 0.1) is 26.0 Å². The van der Waals surface area contributed by atoms with Crippen LogP contribution >= 0.6 is 11.6 Å². The minimum atomic E-state index is -0.835. The molecule has 0 aliphatic rings. The van der Waals surface area contributed by atoms with Crippen LogP contribution in [0.15, 0.2) is 33.0 Å². The number of aryl methyl sites for hydroxylation is 2. The van der Waals surface area contributed by atoms with Gasteiger partial charge in [0.25, 0.3) is 0 Å². The van der Waals surface area contributed by atoms with Crippen molar-refractivity contribution in [3.8, 4) is 0 Å². The van der Waals surface area contributed by atoms with E-state index in [1.165, 1.54) is 21.1 Å².